The molecule has 0 aliphatic carbocycles. The van der Waals surface area contributed by atoms with E-state index in [1.807, 2.05) is 64.1 Å². The molecule has 0 aromatic heterocycles. The first-order valence-electron chi connectivity index (χ1n) is 15.5. The van der Waals surface area contributed by atoms with E-state index >= 15 is 0 Å². The fourth-order valence-electron chi connectivity index (χ4n) is 4.90. The summed E-state index contributed by atoms with van der Waals surface area (Å²) >= 11 is 0. The molecular formula is C38H46O8S. The summed E-state index contributed by atoms with van der Waals surface area (Å²) < 4.78 is 49.9. The highest BCUT2D eigenvalue weighted by atomic mass is 32.2. The highest BCUT2D eigenvalue weighted by Gasteiger charge is 2.20. The van der Waals surface area contributed by atoms with E-state index < -0.39 is 9.84 Å². The van der Waals surface area contributed by atoms with Crippen LogP contribution in [0.2, 0.25) is 0 Å². The van der Waals surface area contributed by atoms with Crippen LogP contribution in [0.5, 0.6) is 11.5 Å². The van der Waals surface area contributed by atoms with Gasteiger partial charge in [0.15, 0.2) is 0 Å². The predicted molar refractivity (Wildman–Crippen MR) is 183 cm³/mol. The van der Waals surface area contributed by atoms with E-state index in [4.69, 9.17) is 18.9 Å². The molecule has 0 amide bonds. The molecule has 4 aromatic carbocycles. The van der Waals surface area contributed by atoms with Gasteiger partial charge in [0.05, 0.1) is 63.7 Å². The van der Waals surface area contributed by atoms with E-state index in [0.29, 0.717) is 37.9 Å². The smallest absolute Gasteiger partial charge is 0.206 e. The summed E-state index contributed by atoms with van der Waals surface area (Å²) in [7, 11) is -0.541. The standard InChI is InChI=1S/C38H46O8S/c1-37(2,23-39)25-45-21-31-19-29(11-17-35(31)43-5)27-7-13-33(14-8-27)47(41,42)34-15-9-28(10-16-34)30-12-18-36(44-6)32(20-30)22-46-26-38(3,4)24-40/h7-20,39-40H,21-26H2,1-6H3. The molecule has 252 valence electrons. The van der Waals surface area contributed by atoms with Crippen LogP contribution in [-0.2, 0) is 32.5 Å². The molecule has 8 nitrogen and oxygen atoms in total. The number of ether oxygens (including phenoxy) is 4. The normalized spacial score (nSPS) is 12.3. The van der Waals surface area contributed by atoms with Crippen molar-refractivity contribution < 1.29 is 37.6 Å². The van der Waals surface area contributed by atoms with Crippen molar-refractivity contribution in [2.45, 2.75) is 50.7 Å². The third kappa shape index (κ3) is 9.21. The Balaban J connectivity index is 1.50. The average Bonchev–Trinajstić information content (AvgIpc) is 3.08. The van der Waals surface area contributed by atoms with E-state index in [1.165, 1.54) is 0 Å². The number of aliphatic hydroxyl groups excluding tert-OH is 2. The lowest BCUT2D eigenvalue weighted by Crippen LogP contribution is -2.23. The van der Waals surface area contributed by atoms with Crippen LogP contribution < -0.4 is 9.47 Å². The number of rotatable bonds is 16. The Bertz CT molecular complexity index is 1600. The second-order valence-electron chi connectivity index (χ2n) is 13.2. The second kappa shape index (κ2) is 15.4. The van der Waals surface area contributed by atoms with Crippen LogP contribution in [0.1, 0.15) is 38.8 Å². The van der Waals surface area contributed by atoms with Crippen molar-refractivity contribution in [1.82, 2.24) is 0 Å². The van der Waals surface area contributed by atoms with Gasteiger partial charge in [-0.2, -0.15) is 0 Å². The fourth-order valence-corrected chi connectivity index (χ4v) is 6.16. The monoisotopic (exact) mass is 662 g/mol. The minimum absolute atomic E-state index is 0.0229. The van der Waals surface area contributed by atoms with Crippen molar-refractivity contribution >= 4 is 9.84 Å². The first kappa shape index (κ1) is 36.1. The highest BCUT2D eigenvalue weighted by Crippen LogP contribution is 2.32. The van der Waals surface area contributed by atoms with Gasteiger partial charge in [0.2, 0.25) is 9.84 Å². The number of methoxy groups -OCH3 is 2. The first-order chi connectivity index (χ1) is 22.3. The molecule has 0 atom stereocenters. The van der Waals surface area contributed by atoms with Crippen molar-refractivity contribution in [2.24, 2.45) is 10.8 Å². The van der Waals surface area contributed by atoms with Crippen molar-refractivity contribution in [3.05, 3.63) is 96.1 Å². The van der Waals surface area contributed by atoms with Gasteiger partial charge in [-0.05, 0) is 70.8 Å². The zero-order valence-electron chi connectivity index (χ0n) is 28.1. The maximum atomic E-state index is 13.6. The summed E-state index contributed by atoms with van der Waals surface area (Å²) in [4.78, 5) is 0.402. The van der Waals surface area contributed by atoms with Gasteiger partial charge in [-0.25, -0.2) is 8.42 Å². The summed E-state index contributed by atoms with van der Waals surface area (Å²) in [5.41, 5.74) is 4.55. The first-order valence-corrected chi connectivity index (χ1v) is 17.0. The SMILES string of the molecule is COc1ccc(-c2ccc(S(=O)(=O)c3ccc(-c4ccc(OC)c(COCC(C)(C)CO)c4)cc3)cc2)cc1COCC(C)(C)CO. The Kier molecular flexibility index (Phi) is 11.9. The van der Waals surface area contributed by atoms with Crippen LogP contribution in [-0.4, -0.2) is 59.3 Å². The third-order valence-corrected chi connectivity index (χ3v) is 9.70. The Hall–Kier alpha value is -3.73. The topological polar surface area (TPSA) is 112 Å². The summed E-state index contributed by atoms with van der Waals surface area (Å²) in [6.07, 6.45) is 0. The summed E-state index contributed by atoms with van der Waals surface area (Å²) in [5.74, 6) is 1.39. The number of benzene rings is 4. The van der Waals surface area contributed by atoms with E-state index in [0.717, 1.165) is 33.4 Å². The third-order valence-electron chi connectivity index (χ3n) is 7.91. The Morgan fingerprint density at radius 1 is 0.553 bits per heavy atom. The number of aliphatic hydroxyl groups is 2. The van der Waals surface area contributed by atoms with Gasteiger partial charge < -0.3 is 29.2 Å². The van der Waals surface area contributed by atoms with E-state index in [2.05, 4.69) is 0 Å². The molecule has 0 unspecified atom stereocenters. The van der Waals surface area contributed by atoms with E-state index in [-0.39, 0.29) is 33.8 Å². The zero-order valence-corrected chi connectivity index (χ0v) is 28.9. The van der Waals surface area contributed by atoms with Crippen molar-refractivity contribution in [3.63, 3.8) is 0 Å². The predicted octanol–water partition coefficient (Wildman–Crippen LogP) is 6.94. The van der Waals surface area contributed by atoms with Gasteiger partial charge in [-0.3, -0.25) is 0 Å². The molecule has 0 aliphatic rings. The lowest BCUT2D eigenvalue weighted by atomic mass is 9.96. The molecule has 4 rings (SSSR count). The van der Waals surface area contributed by atoms with Crippen LogP contribution in [0.25, 0.3) is 22.3 Å². The molecule has 0 aliphatic heterocycles. The molecule has 0 radical (unpaired) electrons. The van der Waals surface area contributed by atoms with E-state index in [1.54, 1.807) is 62.8 Å². The molecule has 0 saturated heterocycles. The van der Waals surface area contributed by atoms with Crippen LogP contribution in [0.3, 0.4) is 0 Å². The molecule has 47 heavy (non-hydrogen) atoms. The Labute approximate surface area is 278 Å². The maximum Gasteiger partial charge on any atom is 0.206 e. The Morgan fingerprint density at radius 2 is 0.894 bits per heavy atom. The van der Waals surface area contributed by atoms with Gasteiger partial charge in [0, 0.05) is 22.0 Å². The fraction of sp³-hybridized carbons (Fsp3) is 0.368. The van der Waals surface area contributed by atoms with Crippen LogP contribution in [0.4, 0.5) is 0 Å². The maximum absolute atomic E-state index is 13.6. The van der Waals surface area contributed by atoms with Gasteiger partial charge in [-0.15, -0.1) is 0 Å². The minimum atomic E-state index is -3.75. The second-order valence-corrected chi connectivity index (χ2v) is 15.2. The summed E-state index contributed by atoms with van der Waals surface area (Å²) in [6, 6.07) is 25.2. The molecule has 9 heteroatoms. The molecule has 4 aromatic rings. The lowest BCUT2D eigenvalue weighted by molar-refractivity contribution is 0.0191. The van der Waals surface area contributed by atoms with Gasteiger partial charge in [0.1, 0.15) is 11.5 Å². The van der Waals surface area contributed by atoms with Crippen LogP contribution >= 0.6 is 0 Å². The molecular weight excluding hydrogens is 616 g/mol. The number of hydrogen-bond donors (Lipinski definition) is 2. The Morgan fingerprint density at radius 3 is 1.21 bits per heavy atom. The lowest BCUT2D eigenvalue weighted by Gasteiger charge is -2.21. The number of hydrogen-bond acceptors (Lipinski definition) is 8. The van der Waals surface area contributed by atoms with E-state index in [9.17, 15) is 18.6 Å². The van der Waals surface area contributed by atoms with Gasteiger partial charge in [0.25, 0.3) is 0 Å². The minimum Gasteiger partial charge on any atom is -0.496 e. The van der Waals surface area contributed by atoms with Crippen LogP contribution in [0, 0.1) is 10.8 Å². The van der Waals surface area contributed by atoms with Crippen molar-refractivity contribution in [2.75, 3.05) is 40.6 Å². The molecule has 0 fully saturated rings. The molecule has 0 spiro atoms. The number of sulfone groups is 1. The summed E-state index contributed by atoms with van der Waals surface area (Å²) in [5, 5.41) is 19.0. The van der Waals surface area contributed by atoms with Crippen molar-refractivity contribution in [3.8, 4) is 33.8 Å². The van der Waals surface area contributed by atoms with Crippen LogP contribution in [0.15, 0.2) is 94.7 Å². The van der Waals surface area contributed by atoms with Crippen molar-refractivity contribution in [1.29, 1.82) is 0 Å². The zero-order chi connectivity index (χ0) is 34.2. The van der Waals surface area contributed by atoms with Gasteiger partial charge >= 0.3 is 0 Å². The molecule has 2 N–H and O–H groups in total. The molecule has 0 bridgehead atoms. The molecule has 0 heterocycles. The largest absolute Gasteiger partial charge is 0.496 e. The quantitative estimate of drug-likeness (QED) is 0.133. The average molecular weight is 663 g/mol. The molecule has 0 saturated carbocycles. The highest BCUT2D eigenvalue weighted by molar-refractivity contribution is 7.91. The van der Waals surface area contributed by atoms with Gasteiger partial charge in [-0.1, -0.05) is 64.1 Å². The summed E-state index contributed by atoms with van der Waals surface area (Å²) in [6.45, 7) is 9.20.